The van der Waals surface area contributed by atoms with E-state index in [9.17, 15) is 4.79 Å². The molecule has 0 aliphatic carbocycles. The summed E-state index contributed by atoms with van der Waals surface area (Å²) in [4.78, 5) is 15.8. The molecule has 2 N–H and O–H groups in total. The number of aryl methyl sites for hydroxylation is 2. The molecule has 90 valence electrons. The van der Waals surface area contributed by atoms with Crippen molar-refractivity contribution in [2.75, 3.05) is 6.54 Å². The van der Waals surface area contributed by atoms with Crippen LogP contribution >= 0.6 is 11.3 Å². The molecule has 0 aromatic carbocycles. The zero-order chi connectivity index (χ0) is 12.1. The van der Waals surface area contributed by atoms with Gasteiger partial charge < -0.3 is 5.32 Å². The van der Waals surface area contributed by atoms with E-state index >= 15 is 0 Å². The molecular formula is C11H14N4OS. The molecule has 17 heavy (non-hydrogen) atoms. The molecule has 0 unspecified atom stereocenters. The Morgan fingerprint density at radius 1 is 1.53 bits per heavy atom. The highest BCUT2D eigenvalue weighted by Gasteiger charge is 2.08. The van der Waals surface area contributed by atoms with E-state index in [-0.39, 0.29) is 5.91 Å². The Kier molecular flexibility index (Phi) is 3.87. The van der Waals surface area contributed by atoms with E-state index in [1.165, 1.54) is 6.33 Å². The minimum absolute atomic E-state index is 0.00122. The van der Waals surface area contributed by atoms with Gasteiger partial charge >= 0.3 is 0 Å². The first kappa shape index (κ1) is 11.8. The number of H-pyrrole nitrogens is 1. The summed E-state index contributed by atoms with van der Waals surface area (Å²) in [6.07, 6.45) is 3.13. The summed E-state index contributed by atoms with van der Waals surface area (Å²) in [5, 5.41) is 13.3. The maximum absolute atomic E-state index is 11.7. The normalized spacial score (nSPS) is 10.4. The molecule has 0 aliphatic rings. The standard InChI is InChI=1S/C11H14N4OS/c1-8-5-17-6-9(8)11(16)12-4-2-3-10-13-7-14-15-10/h5-7H,2-4H2,1H3,(H,12,16)(H,13,14,15). The van der Waals surface area contributed by atoms with E-state index in [4.69, 9.17) is 0 Å². The minimum Gasteiger partial charge on any atom is -0.352 e. The van der Waals surface area contributed by atoms with Crippen LogP contribution in [0.3, 0.4) is 0 Å². The van der Waals surface area contributed by atoms with Gasteiger partial charge in [0.15, 0.2) is 0 Å². The van der Waals surface area contributed by atoms with Crippen LogP contribution in [0, 0.1) is 6.92 Å². The monoisotopic (exact) mass is 250 g/mol. The Bertz CT molecular complexity index is 477. The van der Waals surface area contributed by atoms with Gasteiger partial charge in [-0.1, -0.05) is 0 Å². The fourth-order valence-corrected chi connectivity index (χ4v) is 2.33. The van der Waals surface area contributed by atoms with Crippen molar-refractivity contribution >= 4 is 17.2 Å². The van der Waals surface area contributed by atoms with Crippen molar-refractivity contribution in [1.82, 2.24) is 20.5 Å². The fourth-order valence-electron chi connectivity index (χ4n) is 1.50. The summed E-state index contributed by atoms with van der Waals surface area (Å²) in [6.45, 7) is 2.59. The number of carbonyl (C=O) groups is 1. The molecule has 2 heterocycles. The number of nitrogens with one attached hydrogen (secondary N) is 2. The molecule has 0 bridgehead atoms. The van der Waals surface area contributed by atoms with Gasteiger partial charge in [0.25, 0.3) is 5.91 Å². The van der Waals surface area contributed by atoms with Crippen LogP contribution in [0.4, 0.5) is 0 Å². The number of aromatic nitrogens is 3. The molecule has 0 aliphatic heterocycles. The van der Waals surface area contributed by atoms with E-state index in [2.05, 4.69) is 20.5 Å². The third-order valence-corrected chi connectivity index (χ3v) is 3.30. The third kappa shape index (κ3) is 3.13. The lowest BCUT2D eigenvalue weighted by Gasteiger charge is -2.03. The molecule has 0 saturated carbocycles. The van der Waals surface area contributed by atoms with Crippen LogP contribution in [0.2, 0.25) is 0 Å². The van der Waals surface area contributed by atoms with Crippen molar-refractivity contribution in [3.8, 4) is 0 Å². The number of hydrogen-bond acceptors (Lipinski definition) is 4. The van der Waals surface area contributed by atoms with E-state index in [1.807, 2.05) is 17.7 Å². The van der Waals surface area contributed by atoms with E-state index in [1.54, 1.807) is 11.3 Å². The van der Waals surface area contributed by atoms with Gasteiger partial charge in [0.2, 0.25) is 0 Å². The zero-order valence-corrected chi connectivity index (χ0v) is 10.4. The summed E-state index contributed by atoms with van der Waals surface area (Å²) in [7, 11) is 0. The lowest BCUT2D eigenvalue weighted by molar-refractivity contribution is 0.0953. The second-order valence-electron chi connectivity index (χ2n) is 3.76. The Morgan fingerprint density at radius 3 is 3.06 bits per heavy atom. The summed E-state index contributed by atoms with van der Waals surface area (Å²) >= 11 is 1.55. The van der Waals surface area contributed by atoms with Gasteiger partial charge in [-0.2, -0.15) is 16.4 Å². The second kappa shape index (κ2) is 5.58. The summed E-state index contributed by atoms with van der Waals surface area (Å²) in [5.74, 6) is 0.854. The number of aromatic amines is 1. The average molecular weight is 250 g/mol. The van der Waals surface area contributed by atoms with Crippen molar-refractivity contribution < 1.29 is 4.79 Å². The van der Waals surface area contributed by atoms with Gasteiger partial charge in [0.05, 0.1) is 5.56 Å². The molecule has 0 fully saturated rings. The summed E-state index contributed by atoms with van der Waals surface area (Å²) in [5.41, 5.74) is 1.80. The van der Waals surface area contributed by atoms with Crippen molar-refractivity contribution in [2.45, 2.75) is 19.8 Å². The SMILES string of the molecule is Cc1cscc1C(=O)NCCCc1ncn[nH]1. The van der Waals surface area contributed by atoms with E-state index < -0.39 is 0 Å². The van der Waals surface area contributed by atoms with Crippen LogP contribution in [0.5, 0.6) is 0 Å². The molecule has 5 nitrogen and oxygen atoms in total. The first-order chi connectivity index (χ1) is 8.27. The predicted octanol–water partition coefficient (Wildman–Crippen LogP) is 1.54. The largest absolute Gasteiger partial charge is 0.352 e. The van der Waals surface area contributed by atoms with Crippen LogP contribution < -0.4 is 5.32 Å². The molecule has 0 spiro atoms. The Labute approximate surface area is 103 Å². The highest BCUT2D eigenvalue weighted by Crippen LogP contribution is 2.13. The number of carbonyl (C=O) groups excluding carboxylic acids is 1. The molecular weight excluding hydrogens is 236 g/mol. The Morgan fingerprint density at radius 2 is 2.41 bits per heavy atom. The summed E-state index contributed by atoms with van der Waals surface area (Å²) < 4.78 is 0. The van der Waals surface area contributed by atoms with Crippen molar-refractivity contribution in [3.63, 3.8) is 0 Å². The highest BCUT2D eigenvalue weighted by molar-refractivity contribution is 7.08. The number of amides is 1. The molecule has 6 heteroatoms. The van der Waals surface area contributed by atoms with Crippen molar-refractivity contribution in [2.24, 2.45) is 0 Å². The maximum Gasteiger partial charge on any atom is 0.252 e. The molecule has 2 aromatic rings. The van der Waals surface area contributed by atoms with E-state index in [0.29, 0.717) is 6.54 Å². The second-order valence-corrected chi connectivity index (χ2v) is 4.50. The number of rotatable bonds is 5. The van der Waals surface area contributed by atoms with Crippen LogP contribution in [0.1, 0.15) is 28.2 Å². The van der Waals surface area contributed by atoms with Gasteiger partial charge in [-0.15, -0.1) is 0 Å². The predicted molar refractivity (Wildman–Crippen MR) is 66.1 cm³/mol. The van der Waals surface area contributed by atoms with Gasteiger partial charge in [0, 0.05) is 18.3 Å². The first-order valence-electron chi connectivity index (χ1n) is 5.42. The van der Waals surface area contributed by atoms with Crippen LogP contribution in [0.15, 0.2) is 17.1 Å². The van der Waals surface area contributed by atoms with Crippen LogP contribution in [-0.2, 0) is 6.42 Å². The van der Waals surface area contributed by atoms with Gasteiger partial charge in [-0.05, 0) is 24.3 Å². The molecule has 2 aromatic heterocycles. The molecule has 1 amide bonds. The Balaban J connectivity index is 1.72. The van der Waals surface area contributed by atoms with Crippen LogP contribution in [-0.4, -0.2) is 27.6 Å². The quantitative estimate of drug-likeness (QED) is 0.791. The van der Waals surface area contributed by atoms with Crippen molar-refractivity contribution in [3.05, 3.63) is 34.0 Å². The number of nitrogens with zero attached hydrogens (tertiary/aromatic N) is 2. The highest BCUT2D eigenvalue weighted by atomic mass is 32.1. The summed E-state index contributed by atoms with van der Waals surface area (Å²) in [6, 6.07) is 0. The first-order valence-corrected chi connectivity index (χ1v) is 6.37. The molecule has 0 radical (unpaired) electrons. The number of hydrogen-bond donors (Lipinski definition) is 2. The van der Waals surface area contributed by atoms with Gasteiger partial charge in [-0.3, -0.25) is 9.89 Å². The lowest BCUT2D eigenvalue weighted by Crippen LogP contribution is -2.25. The fraction of sp³-hybridized carbons (Fsp3) is 0.364. The van der Waals surface area contributed by atoms with E-state index in [0.717, 1.165) is 29.8 Å². The van der Waals surface area contributed by atoms with Gasteiger partial charge in [0.1, 0.15) is 12.2 Å². The maximum atomic E-state index is 11.7. The minimum atomic E-state index is 0.00122. The van der Waals surface area contributed by atoms with Crippen molar-refractivity contribution in [1.29, 1.82) is 0 Å². The number of thiophene rings is 1. The topological polar surface area (TPSA) is 70.7 Å². The molecule has 0 atom stereocenters. The smallest absolute Gasteiger partial charge is 0.252 e. The zero-order valence-electron chi connectivity index (χ0n) is 9.56. The molecule has 2 rings (SSSR count). The van der Waals surface area contributed by atoms with Crippen LogP contribution in [0.25, 0.3) is 0 Å². The third-order valence-electron chi connectivity index (χ3n) is 2.44. The lowest BCUT2D eigenvalue weighted by atomic mass is 10.2. The Hall–Kier alpha value is -1.69. The molecule has 0 saturated heterocycles. The average Bonchev–Trinajstić information content (AvgIpc) is 2.95. The van der Waals surface area contributed by atoms with Gasteiger partial charge in [-0.25, -0.2) is 4.98 Å².